The number of carbonyl (C=O) groups is 1. The van der Waals surface area contributed by atoms with E-state index in [1.165, 1.54) is 25.1 Å². The van der Waals surface area contributed by atoms with Crippen LogP contribution in [0.2, 0.25) is 0 Å². The van der Waals surface area contributed by atoms with Gasteiger partial charge in [0.1, 0.15) is 5.75 Å². The van der Waals surface area contributed by atoms with Gasteiger partial charge in [-0.15, -0.1) is 0 Å². The fourth-order valence-electron chi connectivity index (χ4n) is 1.58. The van der Waals surface area contributed by atoms with Crippen LogP contribution in [-0.2, 0) is 11.3 Å². The number of hydrogen-bond donors (Lipinski definition) is 2. The van der Waals surface area contributed by atoms with E-state index in [1.54, 1.807) is 0 Å². The average Bonchev–Trinajstić information content (AvgIpc) is 2.40. The Morgan fingerprint density at radius 2 is 2.25 bits per heavy atom. The van der Waals surface area contributed by atoms with E-state index in [4.69, 9.17) is 10.5 Å². The molecule has 1 aromatic rings. The molecule has 0 aromatic heterocycles. The van der Waals surface area contributed by atoms with Gasteiger partial charge in [0.05, 0.1) is 4.92 Å². The van der Waals surface area contributed by atoms with E-state index in [-0.39, 0.29) is 5.69 Å². The van der Waals surface area contributed by atoms with Crippen molar-refractivity contribution in [3.8, 4) is 5.75 Å². The first-order valence-electron chi connectivity index (χ1n) is 6.39. The van der Waals surface area contributed by atoms with Crippen molar-refractivity contribution >= 4 is 11.6 Å². The predicted octanol–water partition coefficient (Wildman–Crippen LogP) is 1.35. The van der Waals surface area contributed by atoms with Crippen LogP contribution in [0.3, 0.4) is 0 Å². The van der Waals surface area contributed by atoms with Crippen molar-refractivity contribution in [2.45, 2.75) is 32.9 Å². The number of amides is 1. The summed E-state index contributed by atoms with van der Waals surface area (Å²) in [6.45, 7) is 4.77. The third-order valence-corrected chi connectivity index (χ3v) is 2.70. The molecule has 1 rings (SSSR count). The summed E-state index contributed by atoms with van der Waals surface area (Å²) in [5.41, 5.74) is 5.76. The highest BCUT2D eigenvalue weighted by atomic mass is 16.6. The van der Waals surface area contributed by atoms with E-state index in [9.17, 15) is 14.9 Å². The van der Waals surface area contributed by atoms with Gasteiger partial charge in [0.2, 0.25) is 0 Å². The molecule has 1 unspecified atom stereocenters. The van der Waals surface area contributed by atoms with Crippen LogP contribution in [0.25, 0.3) is 0 Å². The van der Waals surface area contributed by atoms with Crippen LogP contribution >= 0.6 is 0 Å². The Labute approximate surface area is 117 Å². The molecular formula is C13H19N3O4. The van der Waals surface area contributed by atoms with Crippen molar-refractivity contribution in [1.82, 2.24) is 5.32 Å². The number of ether oxygens (including phenoxy) is 1. The molecule has 0 aliphatic heterocycles. The second-order valence-electron chi connectivity index (χ2n) is 4.39. The molecule has 0 fully saturated rings. The van der Waals surface area contributed by atoms with Crippen molar-refractivity contribution in [1.29, 1.82) is 0 Å². The van der Waals surface area contributed by atoms with Crippen LogP contribution in [-0.4, -0.2) is 23.5 Å². The highest BCUT2D eigenvalue weighted by Crippen LogP contribution is 2.25. The maximum atomic E-state index is 11.0. The fourth-order valence-corrected chi connectivity index (χ4v) is 1.58. The number of hydrogen-bond acceptors (Lipinski definition) is 5. The number of nitrogens with zero attached hydrogens (tertiary/aromatic N) is 1. The molecule has 7 nitrogen and oxygen atoms in total. The number of non-ortho nitro benzene ring substituents is 1. The van der Waals surface area contributed by atoms with E-state index in [0.717, 1.165) is 13.0 Å². The molecule has 3 N–H and O–H groups in total. The third kappa shape index (κ3) is 4.51. The summed E-state index contributed by atoms with van der Waals surface area (Å²) in [5, 5.41) is 13.9. The molecule has 20 heavy (non-hydrogen) atoms. The normalized spacial score (nSPS) is 11.9. The van der Waals surface area contributed by atoms with Gasteiger partial charge < -0.3 is 15.8 Å². The number of nitro benzene ring substituents is 1. The topological polar surface area (TPSA) is 107 Å². The molecule has 0 aliphatic rings. The molecule has 0 heterocycles. The molecule has 1 atom stereocenters. The van der Waals surface area contributed by atoms with Gasteiger partial charge in [-0.3, -0.25) is 14.9 Å². The summed E-state index contributed by atoms with van der Waals surface area (Å²) in [7, 11) is 0. The smallest absolute Gasteiger partial charge is 0.270 e. The summed E-state index contributed by atoms with van der Waals surface area (Å²) in [4.78, 5) is 21.4. The van der Waals surface area contributed by atoms with Gasteiger partial charge in [-0.05, 0) is 26.0 Å². The molecule has 0 spiro atoms. The third-order valence-electron chi connectivity index (χ3n) is 2.70. The summed E-state index contributed by atoms with van der Waals surface area (Å²) in [5.74, 6) is -0.165. The Bertz CT molecular complexity index is 491. The van der Waals surface area contributed by atoms with Crippen molar-refractivity contribution in [3.05, 3.63) is 33.9 Å². The first kappa shape index (κ1) is 15.9. The molecule has 0 saturated heterocycles. The zero-order chi connectivity index (χ0) is 15.1. The maximum absolute atomic E-state index is 11.0. The fraction of sp³-hybridized carbons (Fsp3) is 0.462. The van der Waals surface area contributed by atoms with Crippen molar-refractivity contribution in [2.75, 3.05) is 6.54 Å². The monoisotopic (exact) mass is 281 g/mol. The summed E-state index contributed by atoms with van der Waals surface area (Å²) in [6.07, 6.45) is 0.157. The van der Waals surface area contributed by atoms with Gasteiger partial charge in [0, 0.05) is 24.2 Å². The second kappa shape index (κ2) is 7.44. The number of nitrogens with one attached hydrogen (secondary N) is 1. The molecule has 0 radical (unpaired) electrons. The van der Waals surface area contributed by atoms with Gasteiger partial charge in [-0.1, -0.05) is 6.92 Å². The Kier molecular flexibility index (Phi) is 5.92. The summed E-state index contributed by atoms with van der Waals surface area (Å²) < 4.78 is 5.44. The molecule has 0 bridgehead atoms. The van der Waals surface area contributed by atoms with E-state index in [1.807, 2.05) is 6.92 Å². The molecular weight excluding hydrogens is 262 g/mol. The minimum Gasteiger partial charge on any atom is -0.481 e. The number of carbonyl (C=O) groups excluding carboxylic acids is 1. The van der Waals surface area contributed by atoms with E-state index in [0.29, 0.717) is 17.9 Å². The lowest BCUT2D eigenvalue weighted by Crippen LogP contribution is -2.31. The summed E-state index contributed by atoms with van der Waals surface area (Å²) in [6, 6.07) is 4.26. The van der Waals surface area contributed by atoms with Crippen molar-refractivity contribution in [2.24, 2.45) is 5.73 Å². The van der Waals surface area contributed by atoms with Crippen LogP contribution in [0.15, 0.2) is 18.2 Å². The molecule has 1 amide bonds. The number of benzene rings is 1. The quantitative estimate of drug-likeness (QED) is 0.425. The van der Waals surface area contributed by atoms with Crippen molar-refractivity contribution < 1.29 is 14.5 Å². The Balaban J connectivity index is 2.95. The zero-order valence-electron chi connectivity index (χ0n) is 11.6. The highest BCUT2D eigenvalue weighted by Gasteiger charge is 2.16. The van der Waals surface area contributed by atoms with Crippen LogP contribution in [0.4, 0.5) is 5.69 Å². The minimum atomic E-state index is -0.790. The SMILES string of the molecule is CCCNCc1cc([N+](=O)[O-])ccc1OC(C)C(N)=O. The lowest BCUT2D eigenvalue weighted by molar-refractivity contribution is -0.384. The number of rotatable bonds is 8. The molecule has 0 saturated carbocycles. The lowest BCUT2D eigenvalue weighted by Gasteiger charge is -2.15. The van der Waals surface area contributed by atoms with E-state index < -0.39 is 16.9 Å². The predicted molar refractivity (Wildman–Crippen MR) is 74.4 cm³/mol. The van der Waals surface area contributed by atoms with Gasteiger partial charge in [-0.2, -0.15) is 0 Å². The molecule has 110 valence electrons. The lowest BCUT2D eigenvalue weighted by atomic mass is 10.1. The zero-order valence-corrected chi connectivity index (χ0v) is 11.6. The van der Waals surface area contributed by atoms with E-state index in [2.05, 4.69) is 5.32 Å². The van der Waals surface area contributed by atoms with E-state index >= 15 is 0 Å². The van der Waals surface area contributed by atoms with Crippen LogP contribution in [0.5, 0.6) is 5.75 Å². The first-order valence-corrected chi connectivity index (χ1v) is 6.39. The molecule has 7 heteroatoms. The highest BCUT2D eigenvalue weighted by molar-refractivity contribution is 5.78. The van der Waals surface area contributed by atoms with Gasteiger partial charge in [0.15, 0.2) is 6.10 Å². The minimum absolute atomic E-state index is 0.0163. The van der Waals surface area contributed by atoms with Crippen LogP contribution in [0.1, 0.15) is 25.8 Å². The largest absolute Gasteiger partial charge is 0.481 e. The molecule has 1 aromatic carbocycles. The standard InChI is InChI=1S/C13H19N3O4/c1-3-6-15-8-10-7-11(16(18)19)4-5-12(10)20-9(2)13(14)17/h4-5,7,9,15H,3,6,8H2,1-2H3,(H2,14,17). The molecule has 0 aliphatic carbocycles. The van der Waals surface area contributed by atoms with Gasteiger partial charge in [0.25, 0.3) is 11.6 Å². The first-order chi connectivity index (χ1) is 9.45. The van der Waals surface area contributed by atoms with Crippen LogP contribution in [0, 0.1) is 10.1 Å². The Morgan fingerprint density at radius 1 is 1.55 bits per heavy atom. The van der Waals surface area contributed by atoms with Crippen molar-refractivity contribution in [3.63, 3.8) is 0 Å². The second-order valence-corrected chi connectivity index (χ2v) is 4.39. The Hall–Kier alpha value is -2.15. The van der Waals surface area contributed by atoms with Gasteiger partial charge >= 0.3 is 0 Å². The number of primary amides is 1. The number of nitro groups is 1. The Morgan fingerprint density at radius 3 is 2.80 bits per heavy atom. The summed E-state index contributed by atoms with van der Waals surface area (Å²) >= 11 is 0. The van der Waals surface area contributed by atoms with Crippen LogP contribution < -0.4 is 15.8 Å². The number of nitrogens with two attached hydrogens (primary N) is 1. The maximum Gasteiger partial charge on any atom is 0.270 e. The van der Waals surface area contributed by atoms with Gasteiger partial charge in [-0.25, -0.2) is 0 Å². The average molecular weight is 281 g/mol.